The molecule has 0 atom stereocenters. The Morgan fingerprint density at radius 3 is 1.05 bits per heavy atom. The molecule has 0 radical (unpaired) electrons. The highest BCUT2D eigenvalue weighted by Crippen LogP contribution is 2.40. The highest BCUT2D eigenvalue weighted by atomic mass is 32.2. The average Bonchev–Trinajstić information content (AvgIpc) is 3.29. The van der Waals surface area contributed by atoms with Gasteiger partial charge in [-0.2, -0.15) is 0 Å². The number of aromatic hydroxyl groups is 2. The molecule has 0 heterocycles. The lowest BCUT2D eigenvalue weighted by Gasteiger charge is -2.23. The van der Waals surface area contributed by atoms with Crippen LogP contribution in [0.3, 0.4) is 0 Å². The Labute approximate surface area is 374 Å². The second-order valence-electron chi connectivity index (χ2n) is 17.2. The van der Waals surface area contributed by atoms with Crippen LogP contribution in [0.2, 0.25) is 0 Å². The first-order valence-electron chi connectivity index (χ1n) is 22.0. The summed E-state index contributed by atoms with van der Waals surface area (Å²) in [6.07, 6.45) is 5.14. The van der Waals surface area contributed by atoms with Crippen LogP contribution in [0.1, 0.15) is 91.2 Å². The molecular weight excluding hydrogens is 809 g/mol. The second-order valence-corrected chi connectivity index (χ2v) is 19.1. The summed E-state index contributed by atoms with van der Waals surface area (Å²) in [5.41, 5.74) is 4.89. The zero-order valence-electron chi connectivity index (χ0n) is 37.5. The zero-order valence-corrected chi connectivity index (χ0v) is 38.3. The summed E-state index contributed by atoms with van der Waals surface area (Å²) >= 11 is 0. The smallest absolute Gasteiger partial charge is 0.207 e. The van der Waals surface area contributed by atoms with Crippen molar-refractivity contribution >= 4 is 9.84 Å². The van der Waals surface area contributed by atoms with Crippen LogP contribution in [0, 0.1) is 0 Å². The SMILES string of the molecule is CCC(C)(C)c1ccc(OCCCCOc2ccc(S(=O)(=O)c3ccc(OCCCCOc4ccc(C(C)(C)CC)cc4)cc3-c3ccc(O)cc3)c(-c3ccc(O)cc3)c2)cc1. The molecule has 6 rings (SSSR count). The van der Waals surface area contributed by atoms with Crippen LogP contribution in [0.4, 0.5) is 0 Å². The van der Waals surface area contributed by atoms with E-state index in [2.05, 4.69) is 65.8 Å². The third kappa shape index (κ3) is 12.2. The summed E-state index contributed by atoms with van der Waals surface area (Å²) in [6, 6.07) is 39.5. The van der Waals surface area contributed by atoms with Gasteiger partial charge in [0.25, 0.3) is 0 Å². The van der Waals surface area contributed by atoms with Crippen LogP contribution in [-0.4, -0.2) is 45.1 Å². The predicted molar refractivity (Wildman–Crippen MR) is 253 cm³/mol. The molecule has 63 heavy (non-hydrogen) atoms. The van der Waals surface area contributed by atoms with E-state index in [4.69, 9.17) is 18.9 Å². The van der Waals surface area contributed by atoms with Crippen molar-refractivity contribution in [1.29, 1.82) is 0 Å². The molecule has 0 saturated carbocycles. The summed E-state index contributed by atoms with van der Waals surface area (Å²) in [6.45, 7) is 15.3. The van der Waals surface area contributed by atoms with Crippen LogP contribution in [-0.2, 0) is 20.7 Å². The maximum absolute atomic E-state index is 14.8. The molecule has 9 heteroatoms. The minimum atomic E-state index is -4.16. The van der Waals surface area contributed by atoms with E-state index in [-0.39, 0.29) is 32.1 Å². The van der Waals surface area contributed by atoms with Crippen LogP contribution < -0.4 is 18.9 Å². The van der Waals surface area contributed by atoms with E-state index in [0.717, 1.165) is 50.0 Å². The van der Waals surface area contributed by atoms with Gasteiger partial charge in [0.2, 0.25) is 9.84 Å². The van der Waals surface area contributed by atoms with Crippen molar-refractivity contribution in [2.45, 2.75) is 101 Å². The molecule has 0 aliphatic heterocycles. The largest absolute Gasteiger partial charge is 0.508 e. The Kier molecular flexibility index (Phi) is 15.5. The van der Waals surface area contributed by atoms with Gasteiger partial charge in [0, 0.05) is 11.1 Å². The standard InChI is InChI=1S/C54H62O8S/c1-7-53(3,4)41-17-25-45(26-18-41)59-33-9-11-35-61-47-29-31-51(49(37-47)39-13-21-43(55)22-14-39)63(57,58)52-32-30-48(38-50(52)40-15-23-44(56)24-16-40)62-36-12-10-34-60-46-27-19-42(20-28-46)54(5,6)8-2/h13-32,37-38,55-56H,7-12,33-36H2,1-6H3. The van der Waals surface area contributed by atoms with Crippen molar-refractivity contribution < 1.29 is 37.6 Å². The molecule has 332 valence electrons. The fraction of sp³-hybridized carbons (Fsp3) is 0.333. The highest BCUT2D eigenvalue weighted by molar-refractivity contribution is 7.91. The van der Waals surface area contributed by atoms with Gasteiger partial charge in [0.15, 0.2) is 0 Å². The minimum absolute atomic E-state index is 0.0672. The molecule has 0 bridgehead atoms. The molecule has 8 nitrogen and oxygen atoms in total. The van der Waals surface area contributed by atoms with Gasteiger partial charge in [-0.3, -0.25) is 0 Å². The first kappa shape index (κ1) is 46.6. The van der Waals surface area contributed by atoms with E-state index in [1.807, 2.05) is 24.3 Å². The lowest BCUT2D eigenvalue weighted by molar-refractivity contribution is 0.266. The summed E-state index contributed by atoms with van der Waals surface area (Å²) in [7, 11) is -4.16. The van der Waals surface area contributed by atoms with E-state index in [1.165, 1.54) is 35.4 Å². The monoisotopic (exact) mass is 870 g/mol. The molecule has 0 spiro atoms. The lowest BCUT2D eigenvalue weighted by Crippen LogP contribution is -2.15. The van der Waals surface area contributed by atoms with E-state index in [1.54, 1.807) is 60.7 Å². The van der Waals surface area contributed by atoms with Gasteiger partial charge < -0.3 is 29.2 Å². The van der Waals surface area contributed by atoms with Gasteiger partial charge in [-0.25, -0.2) is 8.42 Å². The number of unbranched alkanes of at least 4 members (excludes halogenated alkanes) is 2. The van der Waals surface area contributed by atoms with Crippen LogP contribution in [0.15, 0.2) is 143 Å². The first-order chi connectivity index (χ1) is 30.2. The molecule has 0 fully saturated rings. The molecule has 0 aliphatic carbocycles. The van der Waals surface area contributed by atoms with Gasteiger partial charge in [-0.15, -0.1) is 0 Å². The third-order valence-corrected chi connectivity index (χ3v) is 13.9. The van der Waals surface area contributed by atoms with E-state index in [9.17, 15) is 18.6 Å². The minimum Gasteiger partial charge on any atom is -0.508 e. The molecule has 0 unspecified atom stereocenters. The fourth-order valence-electron chi connectivity index (χ4n) is 7.10. The summed E-state index contributed by atoms with van der Waals surface area (Å²) in [5, 5.41) is 20.2. The Balaban J connectivity index is 1.13. The van der Waals surface area contributed by atoms with Crippen LogP contribution >= 0.6 is 0 Å². The van der Waals surface area contributed by atoms with Gasteiger partial charge in [0.05, 0.1) is 36.2 Å². The number of phenolic OH excluding ortho intramolecular Hbond substituents is 2. The number of sulfone groups is 1. The van der Waals surface area contributed by atoms with Crippen LogP contribution in [0.5, 0.6) is 34.5 Å². The van der Waals surface area contributed by atoms with Crippen molar-refractivity contribution in [3.05, 3.63) is 145 Å². The Morgan fingerprint density at radius 2 is 0.730 bits per heavy atom. The second kappa shape index (κ2) is 21.0. The van der Waals surface area contributed by atoms with Gasteiger partial charge >= 0.3 is 0 Å². The Morgan fingerprint density at radius 1 is 0.429 bits per heavy atom. The maximum atomic E-state index is 14.8. The van der Waals surface area contributed by atoms with E-state index < -0.39 is 9.84 Å². The molecule has 0 saturated heterocycles. The number of rotatable bonds is 22. The Hall–Kier alpha value is -5.93. The van der Waals surface area contributed by atoms with E-state index in [0.29, 0.717) is 60.2 Å². The number of phenols is 2. The summed E-state index contributed by atoms with van der Waals surface area (Å²) in [5.74, 6) is 2.85. The topological polar surface area (TPSA) is 112 Å². The van der Waals surface area contributed by atoms with Crippen molar-refractivity contribution in [2.24, 2.45) is 0 Å². The van der Waals surface area contributed by atoms with Gasteiger partial charge in [0.1, 0.15) is 34.5 Å². The summed E-state index contributed by atoms with van der Waals surface area (Å²) < 4.78 is 54.0. The van der Waals surface area contributed by atoms with E-state index >= 15 is 0 Å². The fourth-order valence-corrected chi connectivity index (χ4v) is 8.76. The highest BCUT2D eigenvalue weighted by Gasteiger charge is 2.27. The van der Waals surface area contributed by atoms with Crippen molar-refractivity contribution in [1.82, 2.24) is 0 Å². The quantitative estimate of drug-likeness (QED) is 0.0649. The van der Waals surface area contributed by atoms with Crippen molar-refractivity contribution in [3.63, 3.8) is 0 Å². The van der Waals surface area contributed by atoms with Crippen molar-refractivity contribution in [3.8, 4) is 56.8 Å². The average molecular weight is 871 g/mol. The zero-order chi connectivity index (χ0) is 45.0. The molecular formula is C54H62O8S. The van der Waals surface area contributed by atoms with Gasteiger partial charge in [-0.1, -0.05) is 90.1 Å². The van der Waals surface area contributed by atoms with Crippen LogP contribution in [0.25, 0.3) is 22.3 Å². The number of benzene rings is 6. The molecule has 0 aromatic heterocycles. The molecule has 6 aromatic rings. The normalized spacial score (nSPS) is 11.9. The predicted octanol–water partition coefficient (Wildman–Crippen LogP) is 13.1. The molecule has 0 aliphatic rings. The Bertz CT molecular complexity index is 2320. The summed E-state index contributed by atoms with van der Waals surface area (Å²) in [4.78, 5) is 0.166. The van der Waals surface area contributed by atoms with Crippen molar-refractivity contribution in [2.75, 3.05) is 26.4 Å². The third-order valence-electron chi connectivity index (χ3n) is 12.0. The number of ether oxygens (including phenoxy) is 4. The maximum Gasteiger partial charge on any atom is 0.207 e. The lowest BCUT2D eigenvalue weighted by atomic mass is 9.82. The molecule has 0 amide bonds. The molecule has 6 aromatic carbocycles. The van der Waals surface area contributed by atoms with Gasteiger partial charge in [-0.05, 0) is 157 Å². The molecule has 2 N–H and O–H groups in total. The first-order valence-corrected chi connectivity index (χ1v) is 23.5. The number of hydrogen-bond donors (Lipinski definition) is 2. The number of hydrogen-bond acceptors (Lipinski definition) is 8.